The van der Waals surface area contributed by atoms with Crippen molar-refractivity contribution >= 4 is 145 Å². The van der Waals surface area contributed by atoms with Crippen LogP contribution in [0.25, 0.3) is 0 Å². The van der Waals surface area contributed by atoms with Gasteiger partial charge < -0.3 is 25.6 Å². The Bertz CT molecular complexity index is 2550. The Labute approximate surface area is 452 Å². The van der Waals surface area contributed by atoms with Gasteiger partial charge in [-0.05, 0) is 51.8 Å². The van der Waals surface area contributed by atoms with Crippen LogP contribution in [0.5, 0.6) is 0 Å². The minimum Gasteiger partial charge on any atom is -0.362 e. The lowest BCUT2D eigenvalue weighted by molar-refractivity contribution is -0.154. The molecule has 0 saturated carbocycles. The van der Waals surface area contributed by atoms with Gasteiger partial charge in [-0.3, -0.25) is 91.4 Å². The molecule has 2 atom stereocenters. The number of hydrogen-bond donors (Lipinski definition) is 3. The van der Waals surface area contributed by atoms with E-state index in [0.717, 1.165) is 64.6 Å². The summed E-state index contributed by atoms with van der Waals surface area (Å²) in [5.41, 5.74) is -1.30. The van der Waals surface area contributed by atoms with Crippen molar-refractivity contribution < 1.29 is 81.4 Å². The lowest BCUT2D eigenvalue weighted by Gasteiger charge is -2.28. The van der Waals surface area contributed by atoms with E-state index in [0.29, 0.717) is 25.1 Å². The van der Waals surface area contributed by atoms with E-state index in [9.17, 15) is 76.7 Å². The van der Waals surface area contributed by atoms with Gasteiger partial charge in [0, 0.05) is 88.4 Å². The number of rotatable bonds is 32. The number of imide groups is 3. The summed E-state index contributed by atoms with van der Waals surface area (Å²) in [5, 5.41) is 5.85. The standard InChI is InChI=1S/C48H57N7O17S4/c1-27(56)47(28(2)57,29(3)58)35(60)12-19-73-33-21-42(67)54(45(33)70)17-14-49-37(62)23-52(44(69)26-72-25-39(64)51-32-8-5-31(6-9-32)7-10-40(65)53-16-11-41(53)66)24-38(63)50-15-18-55-43(68)22-34(46(55)71)74-20-13-36(61)48(30(4)59)75-76-48/h5-6,8-9,33-34H,7,10-26H2,1-4H3,(H,49,62)(H,50,63)(H,51,64). The van der Waals surface area contributed by atoms with Crippen molar-refractivity contribution in [1.82, 2.24) is 30.2 Å². The summed E-state index contributed by atoms with van der Waals surface area (Å²) >= 11 is 2.03. The Morgan fingerprint density at radius 3 is 1.64 bits per heavy atom. The van der Waals surface area contributed by atoms with Crippen LogP contribution in [0.15, 0.2) is 24.3 Å². The van der Waals surface area contributed by atoms with Crippen LogP contribution in [0.3, 0.4) is 0 Å². The lowest BCUT2D eigenvalue weighted by Crippen LogP contribution is -2.50. The molecule has 4 aliphatic heterocycles. The molecule has 0 aliphatic carbocycles. The number of benzene rings is 1. The van der Waals surface area contributed by atoms with E-state index in [2.05, 4.69) is 16.0 Å². The van der Waals surface area contributed by atoms with Crippen LogP contribution in [0.2, 0.25) is 0 Å². The lowest BCUT2D eigenvalue weighted by atomic mass is 9.72. The van der Waals surface area contributed by atoms with E-state index in [4.69, 9.17) is 4.74 Å². The zero-order valence-electron chi connectivity index (χ0n) is 42.1. The fourth-order valence-corrected chi connectivity index (χ4v) is 12.8. The van der Waals surface area contributed by atoms with Crippen molar-refractivity contribution in [3.8, 4) is 0 Å². The number of ketones is 6. The van der Waals surface area contributed by atoms with Crippen LogP contribution < -0.4 is 16.0 Å². The van der Waals surface area contributed by atoms with Gasteiger partial charge in [-0.25, -0.2) is 0 Å². The first kappa shape index (κ1) is 60.8. The average molecular weight is 1130 g/mol. The Morgan fingerprint density at radius 2 is 1.20 bits per heavy atom. The van der Waals surface area contributed by atoms with Gasteiger partial charge in [0.1, 0.15) is 26.3 Å². The van der Waals surface area contributed by atoms with Gasteiger partial charge in [0.05, 0.1) is 10.5 Å². The minimum absolute atomic E-state index is 0.0284. The summed E-state index contributed by atoms with van der Waals surface area (Å²) in [6, 6.07) is 6.55. The number of β-lactam (4-membered cyclic amide) rings is 1. The molecule has 1 aromatic rings. The highest BCUT2D eigenvalue weighted by molar-refractivity contribution is 8.94. The van der Waals surface area contributed by atoms with Crippen LogP contribution in [0.1, 0.15) is 71.8 Å². The highest BCUT2D eigenvalue weighted by Gasteiger charge is 2.57. The number of nitrogens with one attached hydrogen (secondary N) is 3. The van der Waals surface area contributed by atoms with Crippen LogP contribution in [0.4, 0.5) is 5.69 Å². The highest BCUT2D eigenvalue weighted by Crippen LogP contribution is 2.66. The first-order valence-electron chi connectivity index (χ1n) is 23.9. The number of aryl methyl sites for hydroxylation is 1. The summed E-state index contributed by atoms with van der Waals surface area (Å²) in [7, 11) is 2.35. The normalized spacial score (nSPS) is 17.7. The molecule has 4 fully saturated rings. The third-order valence-electron chi connectivity index (χ3n) is 12.6. The fourth-order valence-electron chi connectivity index (χ4n) is 8.30. The Morgan fingerprint density at radius 1 is 0.684 bits per heavy atom. The summed E-state index contributed by atoms with van der Waals surface area (Å²) < 4.78 is 4.23. The number of carbonyl (C=O) groups is 16. The molecule has 3 N–H and O–H groups in total. The molecule has 1 aromatic carbocycles. The van der Waals surface area contributed by atoms with Gasteiger partial charge in [-0.15, -0.1) is 23.5 Å². The summed E-state index contributed by atoms with van der Waals surface area (Å²) in [6.07, 6.45) is 0.0582. The second-order valence-corrected chi connectivity index (χ2v) is 23.3. The number of amides is 10. The van der Waals surface area contributed by atoms with Crippen LogP contribution in [-0.4, -0.2) is 198 Å². The number of Topliss-reactive ketones (excluding diaryl/α,β-unsaturated/α-hetero) is 6. The van der Waals surface area contributed by atoms with E-state index in [1.807, 2.05) is 0 Å². The van der Waals surface area contributed by atoms with E-state index < -0.39 is 123 Å². The molecule has 4 aliphatic rings. The molecule has 0 radical (unpaired) electrons. The van der Waals surface area contributed by atoms with Crippen molar-refractivity contribution in [2.75, 3.05) is 75.8 Å². The smallest absolute Gasteiger partial charge is 0.250 e. The molecule has 5 rings (SSSR count). The number of ether oxygens (including phenoxy) is 1. The molecular formula is C48H57N7O17S4. The van der Waals surface area contributed by atoms with E-state index >= 15 is 0 Å². The van der Waals surface area contributed by atoms with Crippen molar-refractivity contribution in [1.29, 1.82) is 0 Å². The highest BCUT2D eigenvalue weighted by atomic mass is 33.2. The predicted octanol–water partition coefficient (Wildman–Crippen LogP) is -0.532. The number of thioether (sulfide) groups is 2. The number of anilines is 1. The Balaban J connectivity index is 1.10. The van der Waals surface area contributed by atoms with Crippen molar-refractivity contribution in [2.45, 2.75) is 87.2 Å². The molecule has 2 unspecified atom stereocenters. The predicted molar refractivity (Wildman–Crippen MR) is 276 cm³/mol. The largest absolute Gasteiger partial charge is 0.362 e. The molecule has 76 heavy (non-hydrogen) atoms. The van der Waals surface area contributed by atoms with Crippen LogP contribution in [-0.2, 0) is 87.9 Å². The second kappa shape index (κ2) is 27.3. The van der Waals surface area contributed by atoms with Crippen LogP contribution >= 0.6 is 45.1 Å². The third kappa shape index (κ3) is 15.3. The first-order chi connectivity index (χ1) is 35.9. The number of hydrogen-bond acceptors (Lipinski definition) is 21. The van der Waals surface area contributed by atoms with Gasteiger partial charge in [-0.2, -0.15) is 0 Å². The van der Waals surface area contributed by atoms with Crippen molar-refractivity contribution in [3.63, 3.8) is 0 Å². The van der Waals surface area contributed by atoms with Gasteiger partial charge in [0.15, 0.2) is 38.8 Å². The van der Waals surface area contributed by atoms with E-state index in [-0.39, 0.29) is 86.7 Å². The van der Waals surface area contributed by atoms with E-state index in [1.54, 1.807) is 24.3 Å². The van der Waals surface area contributed by atoms with E-state index in [1.165, 1.54) is 33.4 Å². The number of nitrogens with zero attached hydrogens (tertiary/aromatic N) is 4. The van der Waals surface area contributed by atoms with Crippen LogP contribution in [0, 0.1) is 5.41 Å². The monoisotopic (exact) mass is 1130 g/mol. The van der Waals surface area contributed by atoms with Gasteiger partial charge in [-0.1, -0.05) is 33.7 Å². The third-order valence-corrected chi connectivity index (χ3v) is 18.0. The second-order valence-electron chi connectivity index (χ2n) is 17.9. The van der Waals surface area contributed by atoms with Gasteiger partial charge >= 0.3 is 0 Å². The van der Waals surface area contributed by atoms with Crippen molar-refractivity contribution in [3.05, 3.63) is 29.8 Å². The van der Waals surface area contributed by atoms with Crippen molar-refractivity contribution in [2.24, 2.45) is 5.41 Å². The fraction of sp³-hybridized carbons (Fsp3) is 0.542. The van der Waals surface area contributed by atoms with Gasteiger partial charge in [0.25, 0.3) is 0 Å². The Kier molecular flexibility index (Phi) is 21.8. The molecule has 0 spiro atoms. The molecule has 4 heterocycles. The minimum atomic E-state index is -2.45. The average Bonchev–Trinajstić information content (AvgIpc) is 4.07. The maximum absolute atomic E-state index is 13.4. The number of likely N-dealkylation sites (tertiary alicyclic amines) is 3. The molecule has 410 valence electrons. The molecule has 0 aromatic heterocycles. The molecular weight excluding hydrogens is 1070 g/mol. The topological polar surface area (TPSA) is 331 Å². The SMILES string of the molecule is CC(=O)C1(C(=O)CCSC2CC(=O)N(CCNC(=O)CN(CC(=O)NCCN3C(=O)CC(SCCC(=O)C(C(C)=O)(C(C)=O)C(C)=O)C3=O)C(=O)COCC(=O)Nc3ccc(CCC(=O)N4CCC4=O)cc3)C2=O)SS1. The first-order valence-corrected chi connectivity index (χ1v) is 28.2. The van der Waals surface area contributed by atoms with Gasteiger partial charge in [0.2, 0.25) is 64.5 Å². The Hall–Kier alpha value is -6.10. The number of carbonyl (C=O) groups excluding carboxylic acids is 16. The summed E-state index contributed by atoms with van der Waals surface area (Å²) in [6.45, 7) is 0.662. The zero-order chi connectivity index (χ0) is 56.1. The summed E-state index contributed by atoms with van der Waals surface area (Å²) in [4.78, 5) is 206. The molecule has 4 saturated heterocycles. The maximum Gasteiger partial charge on any atom is 0.250 e. The maximum atomic E-state index is 13.4. The molecule has 0 bridgehead atoms. The molecule has 10 amide bonds. The quantitative estimate of drug-likeness (QED) is 0.0268. The molecule has 24 nitrogen and oxygen atoms in total. The summed E-state index contributed by atoms with van der Waals surface area (Å²) in [5.74, 6) is -10.1. The zero-order valence-corrected chi connectivity index (χ0v) is 45.3. The molecule has 28 heteroatoms.